The summed E-state index contributed by atoms with van der Waals surface area (Å²) < 4.78 is 93.1. The fraction of sp³-hybridized carbons (Fsp3) is 0.143. The molecule has 0 aliphatic carbocycles. The van der Waals surface area contributed by atoms with Crippen molar-refractivity contribution in [2.75, 3.05) is 5.08 Å². The fourth-order valence-corrected chi connectivity index (χ4v) is 2.97. The molecule has 0 amide bonds. The normalized spacial score (nSPS) is 12.4. The van der Waals surface area contributed by atoms with Gasteiger partial charge in [0.25, 0.3) is 10.1 Å². The Hall–Kier alpha value is -1.33. The Balaban J connectivity index is 3.10. The monoisotopic (exact) mass is 306 g/mol. The van der Waals surface area contributed by atoms with Crippen LogP contribution >= 0.6 is 0 Å². The molecular formula is C7H5F3O6S2. The fourth-order valence-electron chi connectivity index (χ4n) is 0.916. The molecule has 0 fully saturated rings. The Morgan fingerprint density at radius 3 is 2.11 bits per heavy atom. The summed E-state index contributed by atoms with van der Waals surface area (Å²) in [6.07, 6.45) is 0. The first-order chi connectivity index (χ1) is 8.02. The van der Waals surface area contributed by atoms with Crippen LogP contribution in [-0.4, -0.2) is 26.5 Å². The molecule has 0 aliphatic rings. The first kappa shape index (κ1) is 14.7. The second kappa shape index (κ2) is 4.74. The van der Waals surface area contributed by atoms with Gasteiger partial charge in [-0.2, -0.15) is 21.2 Å². The molecule has 1 aromatic rings. The Morgan fingerprint density at radius 1 is 1.06 bits per heavy atom. The van der Waals surface area contributed by atoms with Crippen molar-refractivity contribution in [3.63, 3.8) is 0 Å². The lowest BCUT2D eigenvalue weighted by Gasteiger charge is -2.07. The van der Waals surface area contributed by atoms with Crippen molar-refractivity contribution in [1.82, 2.24) is 0 Å². The van der Waals surface area contributed by atoms with Gasteiger partial charge in [0.2, 0.25) is 10.9 Å². The van der Waals surface area contributed by atoms with E-state index in [0.29, 0.717) is 12.1 Å². The number of halogens is 3. The van der Waals surface area contributed by atoms with E-state index in [9.17, 15) is 30.0 Å². The molecule has 0 radical (unpaired) electrons. The maximum atomic E-state index is 13.0. The predicted octanol–water partition coefficient (Wildman–Crippen LogP) is 0.658. The average molecular weight is 306 g/mol. The molecule has 0 atom stereocenters. The SMILES string of the molecule is O=S(=O)(O)CS(=O)(=O)Oc1ccc(F)c(F)c1F. The number of benzene rings is 1. The van der Waals surface area contributed by atoms with Crippen molar-refractivity contribution in [2.45, 2.75) is 0 Å². The minimum absolute atomic E-state index is 0.386. The minimum Gasteiger partial charge on any atom is -0.378 e. The van der Waals surface area contributed by atoms with Crippen molar-refractivity contribution in [1.29, 1.82) is 0 Å². The molecule has 0 saturated carbocycles. The van der Waals surface area contributed by atoms with Gasteiger partial charge in [0.05, 0.1) is 0 Å². The summed E-state index contributed by atoms with van der Waals surface area (Å²) in [5.74, 6) is -6.71. The zero-order valence-corrected chi connectivity index (χ0v) is 9.93. The Bertz CT molecular complexity index is 667. The maximum absolute atomic E-state index is 13.0. The molecule has 1 rings (SSSR count). The quantitative estimate of drug-likeness (QED) is 0.498. The van der Waals surface area contributed by atoms with Crippen LogP contribution < -0.4 is 4.18 Å². The first-order valence-electron chi connectivity index (χ1n) is 4.03. The van der Waals surface area contributed by atoms with E-state index < -0.39 is 48.5 Å². The molecule has 0 aromatic heterocycles. The van der Waals surface area contributed by atoms with Gasteiger partial charge in [0.1, 0.15) is 0 Å². The van der Waals surface area contributed by atoms with Crippen LogP contribution in [0, 0.1) is 17.5 Å². The summed E-state index contributed by atoms with van der Waals surface area (Å²) in [7, 11) is -9.85. The van der Waals surface area contributed by atoms with Crippen LogP contribution in [0.3, 0.4) is 0 Å². The van der Waals surface area contributed by atoms with Gasteiger partial charge in [0.15, 0.2) is 17.4 Å². The molecule has 0 bridgehead atoms. The van der Waals surface area contributed by atoms with Crippen LogP contribution in [0.25, 0.3) is 0 Å². The lowest BCUT2D eigenvalue weighted by Crippen LogP contribution is -2.21. The second-order valence-electron chi connectivity index (χ2n) is 3.01. The van der Waals surface area contributed by atoms with Gasteiger partial charge >= 0.3 is 10.1 Å². The minimum atomic E-state index is -4.94. The summed E-state index contributed by atoms with van der Waals surface area (Å²) in [5, 5.41) is -1.85. The van der Waals surface area contributed by atoms with Gasteiger partial charge in [-0.15, -0.1) is 0 Å². The van der Waals surface area contributed by atoms with Gasteiger partial charge in [0, 0.05) is 0 Å². The largest absolute Gasteiger partial charge is 0.378 e. The summed E-state index contributed by atoms with van der Waals surface area (Å²) in [5.41, 5.74) is 0. The number of hydrogen-bond donors (Lipinski definition) is 1. The number of hydrogen-bond acceptors (Lipinski definition) is 5. The molecular weight excluding hydrogens is 301 g/mol. The van der Waals surface area contributed by atoms with Crippen molar-refractivity contribution < 1.29 is 38.7 Å². The van der Waals surface area contributed by atoms with Crippen LogP contribution in [-0.2, 0) is 20.2 Å². The molecule has 6 nitrogen and oxygen atoms in total. The highest BCUT2D eigenvalue weighted by molar-refractivity contribution is 8.03. The lowest BCUT2D eigenvalue weighted by molar-refractivity contribution is 0.411. The van der Waals surface area contributed by atoms with E-state index in [-0.39, 0.29) is 0 Å². The van der Waals surface area contributed by atoms with E-state index in [1.807, 2.05) is 0 Å². The highest BCUT2D eigenvalue weighted by atomic mass is 32.3. The van der Waals surface area contributed by atoms with E-state index >= 15 is 0 Å². The molecule has 0 saturated heterocycles. The van der Waals surface area contributed by atoms with E-state index in [4.69, 9.17) is 4.55 Å². The Morgan fingerprint density at radius 2 is 1.61 bits per heavy atom. The van der Waals surface area contributed by atoms with Gasteiger partial charge in [-0.25, -0.2) is 8.78 Å². The van der Waals surface area contributed by atoms with Crippen LogP contribution in [0.1, 0.15) is 0 Å². The summed E-state index contributed by atoms with van der Waals surface area (Å²) in [6.45, 7) is 0. The molecule has 1 N–H and O–H groups in total. The maximum Gasteiger partial charge on any atom is 0.326 e. The molecule has 1 aromatic carbocycles. The number of rotatable bonds is 4. The summed E-state index contributed by atoms with van der Waals surface area (Å²) in [6, 6.07) is 0.839. The van der Waals surface area contributed by atoms with Gasteiger partial charge in [-0.05, 0) is 12.1 Å². The van der Waals surface area contributed by atoms with E-state index in [1.165, 1.54) is 0 Å². The Labute approximate surface area is 99.9 Å². The highest BCUT2D eigenvalue weighted by Crippen LogP contribution is 2.23. The smallest absolute Gasteiger partial charge is 0.326 e. The van der Waals surface area contributed by atoms with Crippen molar-refractivity contribution in [3.05, 3.63) is 29.6 Å². The van der Waals surface area contributed by atoms with E-state index in [1.54, 1.807) is 0 Å². The zero-order valence-electron chi connectivity index (χ0n) is 8.30. The molecule has 0 heterocycles. The van der Waals surface area contributed by atoms with Crippen LogP contribution in [0.4, 0.5) is 13.2 Å². The topological polar surface area (TPSA) is 97.7 Å². The standard InChI is InChI=1S/C7H5F3O6S2/c8-4-1-2-5(7(10)6(4)9)16-18(14,15)3-17(11,12)13/h1-2H,3H2,(H,11,12,13). The zero-order chi connectivity index (χ0) is 14.1. The lowest BCUT2D eigenvalue weighted by atomic mass is 10.3. The third-order valence-electron chi connectivity index (χ3n) is 1.51. The van der Waals surface area contributed by atoms with E-state index in [2.05, 4.69) is 4.18 Å². The predicted molar refractivity (Wildman–Crippen MR) is 52.3 cm³/mol. The summed E-state index contributed by atoms with van der Waals surface area (Å²) in [4.78, 5) is 0. The highest BCUT2D eigenvalue weighted by Gasteiger charge is 2.25. The average Bonchev–Trinajstić information content (AvgIpc) is 2.15. The van der Waals surface area contributed by atoms with Gasteiger partial charge in [-0.1, -0.05) is 0 Å². The van der Waals surface area contributed by atoms with Crippen molar-refractivity contribution in [2.24, 2.45) is 0 Å². The molecule has 0 aliphatic heterocycles. The second-order valence-corrected chi connectivity index (χ2v) is 6.40. The van der Waals surface area contributed by atoms with Crippen LogP contribution in [0.2, 0.25) is 0 Å². The van der Waals surface area contributed by atoms with Crippen LogP contribution in [0.15, 0.2) is 12.1 Å². The van der Waals surface area contributed by atoms with Gasteiger partial charge < -0.3 is 4.18 Å². The molecule has 11 heteroatoms. The van der Waals surface area contributed by atoms with Crippen molar-refractivity contribution >= 4 is 20.2 Å². The first-order valence-corrected chi connectivity index (χ1v) is 7.21. The van der Waals surface area contributed by atoms with E-state index in [0.717, 1.165) is 0 Å². The molecule has 0 unspecified atom stereocenters. The van der Waals surface area contributed by atoms with Gasteiger partial charge in [-0.3, -0.25) is 4.55 Å². The third-order valence-corrected chi connectivity index (χ3v) is 4.29. The Kier molecular flexibility index (Phi) is 3.88. The molecule has 18 heavy (non-hydrogen) atoms. The van der Waals surface area contributed by atoms with Crippen LogP contribution in [0.5, 0.6) is 5.75 Å². The third kappa shape index (κ3) is 3.85. The molecule has 0 spiro atoms. The van der Waals surface area contributed by atoms with Crippen molar-refractivity contribution in [3.8, 4) is 5.75 Å². The molecule has 102 valence electrons. The summed E-state index contributed by atoms with van der Waals surface area (Å²) >= 11 is 0.